The van der Waals surface area contributed by atoms with Crippen LogP contribution in [0.2, 0.25) is 0 Å². The van der Waals surface area contributed by atoms with Crippen molar-refractivity contribution in [3.8, 4) is 0 Å². The highest BCUT2D eigenvalue weighted by molar-refractivity contribution is 4.74. The van der Waals surface area contributed by atoms with E-state index in [9.17, 15) is 5.11 Å². The van der Waals surface area contributed by atoms with E-state index < -0.39 is 0 Å². The summed E-state index contributed by atoms with van der Waals surface area (Å²) >= 11 is 0. The van der Waals surface area contributed by atoms with E-state index in [1.54, 1.807) is 0 Å². The smallest absolute Gasteiger partial charge is 0.0667 e. The van der Waals surface area contributed by atoms with Gasteiger partial charge in [-0.2, -0.15) is 0 Å². The molecule has 2 nitrogen and oxygen atoms in total. The van der Waals surface area contributed by atoms with Gasteiger partial charge in [-0.3, -0.25) is 0 Å². The molecular formula is C11H23NO. The second-order valence-electron chi connectivity index (χ2n) is 4.72. The Morgan fingerprint density at radius 2 is 2.08 bits per heavy atom. The zero-order valence-corrected chi connectivity index (χ0v) is 8.92. The van der Waals surface area contributed by atoms with Crippen molar-refractivity contribution >= 4 is 0 Å². The van der Waals surface area contributed by atoms with Gasteiger partial charge in [0.15, 0.2) is 0 Å². The minimum atomic E-state index is -0.154. The average molecular weight is 185 g/mol. The van der Waals surface area contributed by atoms with E-state index in [-0.39, 0.29) is 6.10 Å². The first-order chi connectivity index (χ1) is 6.18. The molecule has 1 fully saturated rings. The summed E-state index contributed by atoms with van der Waals surface area (Å²) in [6.07, 6.45) is 4.91. The molecule has 0 aliphatic heterocycles. The SMILES string of the molecule is CC(C)CC(O)CNCCC1CC1. The van der Waals surface area contributed by atoms with E-state index in [4.69, 9.17) is 0 Å². The molecule has 0 aromatic heterocycles. The number of nitrogens with one attached hydrogen (secondary N) is 1. The van der Waals surface area contributed by atoms with Crippen LogP contribution < -0.4 is 5.32 Å². The topological polar surface area (TPSA) is 32.3 Å². The molecule has 13 heavy (non-hydrogen) atoms. The first-order valence-electron chi connectivity index (χ1n) is 5.57. The summed E-state index contributed by atoms with van der Waals surface area (Å²) in [6, 6.07) is 0. The molecule has 1 aliphatic carbocycles. The Morgan fingerprint density at radius 3 is 2.62 bits per heavy atom. The van der Waals surface area contributed by atoms with E-state index >= 15 is 0 Å². The van der Waals surface area contributed by atoms with Gasteiger partial charge in [-0.25, -0.2) is 0 Å². The third-order valence-electron chi connectivity index (χ3n) is 2.55. The van der Waals surface area contributed by atoms with Crippen LogP contribution in [-0.4, -0.2) is 24.3 Å². The van der Waals surface area contributed by atoms with Gasteiger partial charge in [0, 0.05) is 6.54 Å². The van der Waals surface area contributed by atoms with Crippen molar-refractivity contribution in [2.24, 2.45) is 11.8 Å². The normalized spacial score (nSPS) is 19.4. The molecule has 0 heterocycles. The molecule has 2 heteroatoms. The second-order valence-corrected chi connectivity index (χ2v) is 4.72. The first kappa shape index (κ1) is 11.0. The van der Waals surface area contributed by atoms with Crippen LogP contribution >= 0.6 is 0 Å². The summed E-state index contributed by atoms with van der Waals surface area (Å²) in [7, 11) is 0. The summed E-state index contributed by atoms with van der Waals surface area (Å²) in [5.41, 5.74) is 0. The van der Waals surface area contributed by atoms with E-state index in [0.29, 0.717) is 5.92 Å². The number of hydrogen-bond donors (Lipinski definition) is 2. The molecule has 0 saturated heterocycles. The highest BCUT2D eigenvalue weighted by Crippen LogP contribution is 2.31. The van der Waals surface area contributed by atoms with Gasteiger partial charge in [0.05, 0.1) is 6.10 Å². The van der Waals surface area contributed by atoms with Crippen molar-refractivity contribution < 1.29 is 5.11 Å². The maximum absolute atomic E-state index is 9.54. The average Bonchev–Trinajstić information content (AvgIpc) is 2.80. The standard InChI is InChI=1S/C11H23NO/c1-9(2)7-11(13)8-12-6-5-10-3-4-10/h9-13H,3-8H2,1-2H3. The van der Waals surface area contributed by atoms with Crippen molar-refractivity contribution in [3.63, 3.8) is 0 Å². The van der Waals surface area contributed by atoms with Crippen LogP contribution in [0.1, 0.15) is 39.5 Å². The van der Waals surface area contributed by atoms with Crippen LogP contribution in [-0.2, 0) is 0 Å². The van der Waals surface area contributed by atoms with Crippen LogP contribution in [0, 0.1) is 11.8 Å². The van der Waals surface area contributed by atoms with Crippen LogP contribution in [0.5, 0.6) is 0 Å². The van der Waals surface area contributed by atoms with Gasteiger partial charge >= 0.3 is 0 Å². The molecule has 2 N–H and O–H groups in total. The predicted octanol–water partition coefficient (Wildman–Crippen LogP) is 1.78. The summed E-state index contributed by atoms with van der Waals surface area (Å²) in [6.45, 7) is 6.14. The van der Waals surface area contributed by atoms with Gasteiger partial charge in [-0.15, -0.1) is 0 Å². The van der Waals surface area contributed by atoms with Gasteiger partial charge in [0.1, 0.15) is 0 Å². The van der Waals surface area contributed by atoms with Gasteiger partial charge in [-0.1, -0.05) is 26.7 Å². The van der Waals surface area contributed by atoms with Crippen LogP contribution in [0.25, 0.3) is 0 Å². The Kier molecular flexibility index (Phi) is 4.74. The zero-order valence-electron chi connectivity index (χ0n) is 8.92. The number of aliphatic hydroxyl groups is 1. The summed E-state index contributed by atoms with van der Waals surface area (Å²) in [5.74, 6) is 1.59. The molecule has 1 atom stereocenters. The minimum Gasteiger partial charge on any atom is -0.392 e. The first-order valence-corrected chi connectivity index (χ1v) is 5.57. The maximum Gasteiger partial charge on any atom is 0.0667 e. The fraction of sp³-hybridized carbons (Fsp3) is 1.00. The molecule has 1 saturated carbocycles. The third-order valence-corrected chi connectivity index (χ3v) is 2.55. The Labute approximate surface area is 81.7 Å². The summed E-state index contributed by atoms with van der Waals surface area (Å²) < 4.78 is 0. The molecule has 0 aromatic rings. The van der Waals surface area contributed by atoms with Crippen molar-refractivity contribution in [1.29, 1.82) is 0 Å². The lowest BCUT2D eigenvalue weighted by Gasteiger charge is -2.13. The van der Waals surface area contributed by atoms with Crippen molar-refractivity contribution in [1.82, 2.24) is 5.32 Å². The molecular weight excluding hydrogens is 162 g/mol. The molecule has 0 amide bonds. The molecule has 0 bridgehead atoms. The highest BCUT2D eigenvalue weighted by atomic mass is 16.3. The van der Waals surface area contributed by atoms with Crippen molar-refractivity contribution in [2.75, 3.05) is 13.1 Å². The van der Waals surface area contributed by atoms with Crippen molar-refractivity contribution in [2.45, 2.75) is 45.6 Å². The third kappa shape index (κ3) is 6.05. The number of hydrogen-bond acceptors (Lipinski definition) is 2. The lowest BCUT2D eigenvalue weighted by molar-refractivity contribution is 0.146. The number of rotatable bonds is 7. The predicted molar refractivity (Wildman–Crippen MR) is 55.7 cm³/mol. The maximum atomic E-state index is 9.54. The van der Waals surface area contributed by atoms with Gasteiger partial charge in [-0.05, 0) is 31.2 Å². The Morgan fingerprint density at radius 1 is 1.38 bits per heavy atom. The van der Waals surface area contributed by atoms with Gasteiger partial charge in [0.25, 0.3) is 0 Å². The van der Waals surface area contributed by atoms with E-state index in [1.165, 1.54) is 19.3 Å². The monoisotopic (exact) mass is 185 g/mol. The molecule has 0 radical (unpaired) electrons. The fourth-order valence-electron chi connectivity index (χ4n) is 1.61. The minimum absolute atomic E-state index is 0.154. The Balaban J connectivity index is 1.85. The number of aliphatic hydroxyl groups excluding tert-OH is 1. The van der Waals surface area contributed by atoms with Crippen LogP contribution in [0.3, 0.4) is 0 Å². The van der Waals surface area contributed by atoms with Gasteiger partial charge in [0.2, 0.25) is 0 Å². The van der Waals surface area contributed by atoms with Crippen LogP contribution in [0.4, 0.5) is 0 Å². The fourth-order valence-corrected chi connectivity index (χ4v) is 1.61. The van der Waals surface area contributed by atoms with Gasteiger partial charge < -0.3 is 10.4 Å². The Hall–Kier alpha value is -0.0800. The largest absolute Gasteiger partial charge is 0.392 e. The van der Waals surface area contributed by atoms with Crippen LogP contribution in [0.15, 0.2) is 0 Å². The lowest BCUT2D eigenvalue weighted by atomic mass is 10.1. The zero-order chi connectivity index (χ0) is 9.68. The summed E-state index contributed by atoms with van der Waals surface area (Å²) in [4.78, 5) is 0. The quantitative estimate of drug-likeness (QED) is 0.593. The Bertz CT molecular complexity index is 132. The molecule has 1 rings (SSSR count). The molecule has 0 aromatic carbocycles. The molecule has 0 spiro atoms. The second kappa shape index (κ2) is 5.61. The molecule has 1 aliphatic rings. The molecule has 1 unspecified atom stereocenters. The highest BCUT2D eigenvalue weighted by Gasteiger charge is 2.20. The summed E-state index contributed by atoms with van der Waals surface area (Å²) in [5, 5.41) is 12.8. The lowest BCUT2D eigenvalue weighted by Crippen LogP contribution is -2.28. The van der Waals surface area contributed by atoms with E-state index in [1.807, 2.05) is 0 Å². The molecule has 78 valence electrons. The van der Waals surface area contributed by atoms with E-state index in [2.05, 4.69) is 19.2 Å². The van der Waals surface area contributed by atoms with Crippen molar-refractivity contribution in [3.05, 3.63) is 0 Å². The van der Waals surface area contributed by atoms with E-state index in [0.717, 1.165) is 25.4 Å².